The van der Waals surface area contributed by atoms with E-state index in [1.54, 1.807) is 0 Å². The van der Waals surface area contributed by atoms with Crippen LogP contribution >= 0.6 is 11.8 Å². The number of aromatic nitrogens is 3. The molecule has 3 aliphatic heterocycles. The number of imidazole rings is 1. The van der Waals surface area contributed by atoms with Crippen LogP contribution in [0, 0.1) is 0 Å². The highest BCUT2D eigenvalue weighted by molar-refractivity contribution is 8.18. The molecule has 2 aromatic heterocycles. The number of hydrogen-bond acceptors (Lipinski definition) is 7. The molecule has 8 nitrogen and oxygen atoms in total. The van der Waals surface area contributed by atoms with Gasteiger partial charge in [0.15, 0.2) is 10.8 Å². The zero-order valence-electron chi connectivity index (χ0n) is 19.9. The Kier molecular flexibility index (Phi) is 6.03. The lowest BCUT2D eigenvalue weighted by Crippen LogP contribution is -2.46. The van der Waals surface area contributed by atoms with E-state index in [-0.39, 0.29) is 5.91 Å². The SMILES string of the molecule is CCN1CCN(c2ccc(-c3cnc4ccc(/C=C5\SC(N6CCCC6)=NC5=O)nn34)cc2)CC1. The van der Waals surface area contributed by atoms with Gasteiger partial charge in [-0.25, -0.2) is 9.50 Å². The molecule has 3 aromatic rings. The van der Waals surface area contributed by atoms with Crippen LogP contribution in [0.5, 0.6) is 0 Å². The number of amidine groups is 1. The number of aliphatic imine (C=N–C) groups is 1. The van der Waals surface area contributed by atoms with Crippen LogP contribution in [0.1, 0.15) is 25.5 Å². The Balaban J connectivity index is 1.22. The number of fused-ring (bicyclic) bond motifs is 1. The van der Waals surface area contributed by atoms with Gasteiger partial charge in [0.1, 0.15) is 0 Å². The molecule has 0 atom stereocenters. The minimum atomic E-state index is -0.181. The van der Waals surface area contributed by atoms with Gasteiger partial charge in [-0.15, -0.1) is 0 Å². The van der Waals surface area contributed by atoms with Crippen molar-refractivity contribution < 1.29 is 4.79 Å². The van der Waals surface area contributed by atoms with Crippen LogP contribution in [0.3, 0.4) is 0 Å². The Morgan fingerprint density at radius 1 is 0.943 bits per heavy atom. The summed E-state index contributed by atoms with van der Waals surface area (Å²) in [5.41, 5.74) is 4.75. The van der Waals surface area contributed by atoms with Gasteiger partial charge in [0, 0.05) is 50.5 Å². The normalized spacial score (nSPS) is 20.4. The van der Waals surface area contributed by atoms with E-state index in [0.29, 0.717) is 4.91 Å². The quantitative estimate of drug-likeness (QED) is 0.521. The Hall–Kier alpha value is -3.17. The second kappa shape index (κ2) is 9.47. The molecule has 1 amide bonds. The van der Waals surface area contributed by atoms with E-state index in [0.717, 1.165) is 86.4 Å². The number of amides is 1. The summed E-state index contributed by atoms with van der Waals surface area (Å²) in [6.45, 7) is 9.63. The van der Waals surface area contributed by atoms with E-state index < -0.39 is 0 Å². The zero-order valence-corrected chi connectivity index (χ0v) is 20.7. The summed E-state index contributed by atoms with van der Waals surface area (Å²) in [6, 6.07) is 12.5. The van der Waals surface area contributed by atoms with Gasteiger partial charge < -0.3 is 14.7 Å². The molecule has 1 aromatic carbocycles. The number of hydrogen-bond donors (Lipinski definition) is 0. The van der Waals surface area contributed by atoms with Crippen LogP contribution in [0.4, 0.5) is 5.69 Å². The molecule has 9 heteroatoms. The molecule has 0 saturated carbocycles. The van der Waals surface area contributed by atoms with Gasteiger partial charge in [-0.1, -0.05) is 19.1 Å². The highest BCUT2D eigenvalue weighted by atomic mass is 32.2. The summed E-state index contributed by atoms with van der Waals surface area (Å²) in [5, 5.41) is 5.61. The smallest absolute Gasteiger partial charge is 0.286 e. The van der Waals surface area contributed by atoms with Crippen LogP contribution in [0.2, 0.25) is 0 Å². The lowest BCUT2D eigenvalue weighted by atomic mass is 10.1. The highest BCUT2D eigenvalue weighted by Crippen LogP contribution is 2.31. The molecule has 180 valence electrons. The molecule has 0 bridgehead atoms. The molecule has 5 heterocycles. The van der Waals surface area contributed by atoms with E-state index in [1.807, 2.05) is 28.9 Å². The van der Waals surface area contributed by atoms with Crippen molar-refractivity contribution >= 4 is 40.2 Å². The lowest BCUT2D eigenvalue weighted by molar-refractivity contribution is -0.113. The molecule has 35 heavy (non-hydrogen) atoms. The number of piperazine rings is 1. The standard InChI is InChI=1S/C26H29N7OS/c1-2-30-13-15-31(16-14-30)21-8-5-19(6-9-21)22-18-27-24-10-7-20(29-33(22)24)17-23-25(34)28-26(35-23)32-11-3-4-12-32/h5-10,17-18H,2-4,11-16H2,1H3/b23-17-. The third kappa shape index (κ3) is 4.46. The highest BCUT2D eigenvalue weighted by Gasteiger charge is 2.27. The van der Waals surface area contributed by atoms with Crippen molar-refractivity contribution in [2.75, 3.05) is 50.7 Å². The predicted octanol–water partition coefficient (Wildman–Crippen LogP) is 3.60. The van der Waals surface area contributed by atoms with Crippen LogP contribution in [-0.2, 0) is 4.79 Å². The molecular weight excluding hydrogens is 458 g/mol. The Labute approximate surface area is 209 Å². The van der Waals surface area contributed by atoms with Crippen molar-refractivity contribution in [3.05, 3.63) is 53.2 Å². The first-order valence-corrected chi connectivity index (χ1v) is 13.2. The molecule has 6 rings (SSSR count). The van der Waals surface area contributed by atoms with Gasteiger partial charge in [-0.2, -0.15) is 10.1 Å². The number of carbonyl (C=O) groups excluding carboxylic acids is 1. The fourth-order valence-electron chi connectivity index (χ4n) is 4.90. The van der Waals surface area contributed by atoms with Crippen molar-refractivity contribution in [2.45, 2.75) is 19.8 Å². The molecule has 0 N–H and O–H groups in total. The number of benzene rings is 1. The molecule has 2 saturated heterocycles. The van der Waals surface area contributed by atoms with Crippen LogP contribution in [-0.4, -0.2) is 81.3 Å². The van der Waals surface area contributed by atoms with E-state index >= 15 is 0 Å². The van der Waals surface area contributed by atoms with Crippen molar-refractivity contribution in [3.63, 3.8) is 0 Å². The average Bonchev–Trinajstić information content (AvgIpc) is 3.65. The van der Waals surface area contributed by atoms with Gasteiger partial charge in [0.25, 0.3) is 5.91 Å². The number of rotatable bonds is 4. The van der Waals surface area contributed by atoms with Crippen molar-refractivity contribution in [1.82, 2.24) is 24.4 Å². The van der Waals surface area contributed by atoms with Crippen LogP contribution in [0.25, 0.3) is 23.0 Å². The monoisotopic (exact) mass is 487 g/mol. The fourth-order valence-corrected chi connectivity index (χ4v) is 5.85. The molecule has 0 spiro atoms. The van der Waals surface area contributed by atoms with E-state index in [4.69, 9.17) is 5.10 Å². The first-order chi connectivity index (χ1) is 17.2. The molecule has 0 radical (unpaired) electrons. The Morgan fingerprint density at radius 2 is 1.71 bits per heavy atom. The topological polar surface area (TPSA) is 69.3 Å². The molecule has 0 unspecified atom stereocenters. The third-order valence-corrected chi connectivity index (χ3v) is 8.04. The minimum absolute atomic E-state index is 0.181. The number of thioether (sulfide) groups is 1. The minimum Gasteiger partial charge on any atom is -0.369 e. The van der Waals surface area contributed by atoms with Gasteiger partial charge in [0.2, 0.25) is 0 Å². The number of anilines is 1. The summed E-state index contributed by atoms with van der Waals surface area (Å²) in [5.74, 6) is -0.181. The molecule has 0 aliphatic carbocycles. The van der Waals surface area contributed by atoms with Gasteiger partial charge in [-0.3, -0.25) is 4.79 Å². The first-order valence-electron chi connectivity index (χ1n) is 12.4. The molecule has 2 fully saturated rings. The van der Waals surface area contributed by atoms with Crippen molar-refractivity contribution in [1.29, 1.82) is 0 Å². The lowest BCUT2D eigenvalue weighted by Gasteiger charge is -2.35. The maximum Gasteiger partial charge on any atom is 0.286 e. The molecular formula is C26H29N7OS. The predicted molar refractivity (Wildman–Crippen MR) is 142 cm³/mol. The number of likely N-dealkylation sites (tertiary alicyclic amines) is 1. The van der Waals surface area contributed by atoms with Crippen LogP contribution in [0.15, 0.2) is 52.5 Å². The Bertz CT molecular complexity index is 1300. The van der Waals surface area contributed by atoms with Gasteiger partial charge in [0.05, 0.1) is 22.5 Å². The maximum absolute atomic E-state index is 12.5. The van der Waals surface area contributed by atoms with Crippen molar-refractivity contribution in [3.8, 4) is 11.3 Å². The van der Waals surface area contributed by atoms with E-state index in [1.165, 1.54) is 17.4 Å². The van der Waals surface area contributed by atoms with Gasteiger partial charge in [-0.05, 0) is 61.5 Å². The maximum atomic E-state index is 12.5. The number of nitrogens with zero attached hydrogens (tertiary/aromatic N) is 7. The second-order valence-electron chi connectivity index (χ2n) is 9.14. The van der Waals surface area contributed by atoms with E-state index in [9.17, 15) is 4.79 Å². The fraction of sp³-hybridized carbons (Fsp3) is 0.385. The van der Waals surface area contributed by atoms with Crippen molar-refractivity contribution in [2.24, 2.45) is 4.99 Å². The molecule has 3 aliphatic rings. The summed E-state index contributed by atoms with van der Waals surface area (Å²) in [6.07, 6.45) is 6.01. The average molecular weight is 488 g/mol. The summed E-state index contributed by atoms with van der Waals surface area (Å²) < 4.78 is 1.85. The number of carbonyl (C=O) groups is 1. The van der Waals surface area contributed by atoms with E-state index in [2.05, 4.69) is 55.9 Å². The Morgan fingerprint density at radius 3 is 2.46 bits per heavy atom. The first kappa shape index (κ1) is 22.3. The van der Waals surface area contributed by atoms with Crippen LogP contribution < -0.4 is 4.90 Å². The summed E-state index contributed by atoms with van der Waals surface area (Å²) >= 11 is 1.45. The summed E-state index contributed by atoms with van der Waals surface area (Å²) in [4.78, 5) is 29.0. The zero-order chi connectivity index (χ0) is 23.8. The number of likely N-dealkylation sites (N-methyl/N-ethyl adjacent to an activating group) is 1. The third-order valence-electron chi connectivity index (χ3n) is 7.00. The largest absolute Gasteiger partial charge is 0.369 e. The second-order valence-corrected chi connectivity index (χ2v) is 10.2. The summed E-state index contributed by atoms with van der Waals surface area (Å²) in [7, 11) is 0. The van der Waals surface area contributed by atoms with Gasteiger partial charge >= 0.3 is 0 Å².